The van der Waals surface area contributed by atoms with Gasteiger partial charge in [0.05, 0.1) is 48.1 Å². The summed E-state index contributed by atoms with van der Waals surface area (Å²) in [5.41, 5.74) is -3.33. The van der Waals surface area contributed by atoms with E-state index < -0.39 is 108 Å². The van der Waals surface area contributed by atoms with Crippen LogP contribution in [0.1, 0.15) is 107 Å². The van der Waals surface area contributed by atoms with Crippen LogP contribution < -0.4 is 0 Å². The van der Waals surface area contributed by atoms with Gasteiger partial charge in [0.25, 0.3) is 0 Å². The quantitative estimate of drug-likeness (QED) is 0.193. The van der Waals surface area contributed by atoms with Crippen LogP contribution in [0.15, 0.2) is 36.6 Å². The number of aliphatic hydroxyl groups is 2. The zero-order chi connectivity index (χ0) is 47.2. The highest BCUT2D eigenvalue weighted by atomic mass is 16.7. The van der Waals surface area contributed by atoms with Gasteiger partial charge in [-0.15, -0.1) is 0 Å². The summed E-state index contributed by atoms with van der Waals surface area (Å²) in [6.45, 7) is 19.0. The Morgan fingerprint density at radius 2 is 1.51 bits per heavy atom. The fourth-order valence-corrected chi connectivity index (χ4v) is 9.98. The summed E-state index contributed by atoms with van der Waals surface area (Å²) in [7, 11) is 6.83. The fraction of sp³-hybridized carbons (Fsp3) is 0.771. The molecule has 0 amide bonds. The molecule has 63 heavy (non-hydrogen) atoms. The zero-order valence-corrected chi connectivity index (χ0v) is 40.3. The number of nitrogens with zero attached hydrogens (tertiary/aromatic N) is 1. The van der Waals surface area contributed by atoms with E-state index in [1.807, 2.05) is 83.9 Å². The molecule has 0 aliphatic carbocycles. The van der Waals surface area contributed by atoms with Crippen LogP contribution in [0, 0.1) is 23.7 Å². The zero-order valence-electron chi connectivity index (χ0n) is 40.3. The van der Waals surface area contributed by atoms with Crippen molar-refractivity contribution in [1.82, 2.24) is 4.90 Å². The van der Waals surface area contributed by atoms with E-state index in [0.717, 1.165) is 5.56 Å². The Balaban J connectivity index is 1.88. The summed E-state index contributed by atoms with van der Waals surface area (Å²) in [4.78, 5) is 43.5. The first-order valence-corrected chi connectivity index (χ1v) is 22.5. The number of methoxy groups -OCH3 is 2. The normalized spacial score (nSPS) is 42.4. The molecule has 15 nitrogen and oxygen atoms in total. The van der Waals surface area contributed by atoms with Crippen LogP contribution in [0.2, 0.25) is 0 Å². The van der Waals surface area contributed by atoms with Crippen LogP contribution in [0.3, 0.4) is 0 Å². The van der Waals surface area contributed by atoms with Crippen LogP contribution in [-0.2, 0) is 57.0 Å². The maximum Gasteiger partial charge on any atom is 0.311 e. The highest BCUT2D eigenvalue weighted by Crippen LogP contribution is 2.42. The number of aliphatic hydroxyl groups excluding tert-OH is 1. The van der Waals surface area contributed by atoms with Gasteiger partial charge in [0, 0.05) is 45.4 Å². The molecule has 15 heteroatoms. The minimum Gasteiger partial charge on any atom is -0.494 e. The highest BCUT2D eigenvalue weighted by molar-refractivity contribution is 5.83. The summed E-state index contributed by atoms with van der Waals surface area (Å²) in [5.74, 6) is -4.74. The third-order valence-electron chi connectivity index (χ3n) is 13.8. The molecule has 1 aromatic rings. The van der Waals surface area contributed by atoms with Crippen molar-refractivity contribution in [1.29, 1.82) is 0 Å². The third-order valence-corrected chi connectivity index (χ3v) is 13.8. The van der Waals surface area contributed by atoms with E-state index in [0.29, 0.717) is 6.42 Å². The van der Waals surface area contributed by atoms with Gasteiger partial charge in [0.2, 0.25) is 0 Å². The van der Waals surface area contributed by atoms with Crippen LogP contribution in [0.5, 0.6) is 0 Å². The number of ketones is 1. The largest absolute Gasteiger partial charge is 0.494 e. The van der Waals surface area contributed by atoms with E-state index in [9.17, 15) is 24.6 Å². The Labute approximate surface area is 375 Å². The predicted molar refractivity (Wildman–Crippen MR) is 235 cm³/mol. The Kier molecular flexibility index (Phi) is 18.4. The number of likely N-dealkylation sites (N-methyl/N-ethyl adjacent to an activating group) is 1. The van der Waals surface area contributed by atoms with Crippen molar-refractivity contribution in [2.75, 3.05) is 28.3 Å². The van der Waals surface area contributed by atoms with E-state index in [1.54, 1.807) is 33.8 Å². The molecule has 0 radical (unpaired) electrons. The summed E-state index contributed by atoms with van der Waals surface area (Å²) >= 11 is 0. The molecule has 0 saturated carbocycles. The maximum atomic E-state index is 14.7. The number of carbonyl (C=O) groups excluding carboxylic acids is 3. The van der Waals surface area contributed by atoms with E-state index in [4.69, 9.17) is 42.6 Å². The summed E-state index contributed by atoms with van der Waals surface area (Å²) in [5, 5.41) is 24.2. The molecule has 2 N–H and O–H groups in total. The van der Waals surface area contributed by atoms with E-state index in [1.165, 1.54) is 34.3 Å². The Hall–Kier alpha value is -2.99. The molecular formula is C48H77NO14. The number of hydrogen-bond acceptors (Lipinski definition) is 15. The highest BCUT2D eigenvalue weighted by Gasteiger charge is 2.55. The van der Waals surface area contributed by atoms with Gasteiger partial charge in [-0.1, -0.05) is 58.0 Å². The monoisotopic (exact) mass is 892 g/mol. The standard InChI is InChI=1S/C48H77NO14/c1-16-36-48(11,54)42(57-23-22-34-20-18-17-19-21-34)29(4)38(51)27(2)25-46(9,55-14)41(63-45-39(52)35(49(12)13)24-28(3)58-45)30(5)40(31(6)44(53)61-36)62-37-26-47(10,56-15)43(32(7)59-37)60-33(8)50/h17-23,27-32,35-37,39-43,45,52,54H,16,24-26H2,1-15H3/b23-22+/t27-,28-,29+,30+,31-,32+,35+,36-,37?,39-,40+,41-,42-,43+,45+,46+,47-,48-/m1/s1. The molecule has 3 aliphatic heterocycles. The van der Waals surface area contributed by atoms with Crippen LogP contribution in [0.25, 0.3) is 6.08 Å². The van der Waals surface area contributed by atoms with Gasteiger partial charge >= 0.3 is 11.9 Å². The molecule has 358 valence electrons. The number of carbonyl (C=O) groups is 3. The van der Waals surface area contributed by atoms with E-state index in [2.05, 4.69) is 0 Å². The smallest absolute Gasteiger partial charge is 0.311 e. The van der Waals surface area contributed by atoms with Crippen molar-refractivity contribution >= 4 is 23.8 Å². The van der Waals surface area contributed by atoms with Gasteiger partial charge in [0.15, 0.2) is 18.7 Å². The molecule has 18 atom stereocenters. The molecule has 3 saturated heterocycles. The van der Waals surface area contributed by atoms with Crippen LogP contribution >= 0.6 is 0 Å². The number of esters is 2. The van der Waals surface area contributed by atoms with Crippen LogP contribution in [0.4, 0.5) is 0 Å². The maximum absolute atomic E-state index is 14.7. The Morgan fingerprint density at radius 3 is 2.08 bits per heavy atom. The van der Waals surface area contributed by atoms with Crippen molar-refractivity contribution in [2.45, 2.75) is 186 Å². The first-order chi connectivity index (χ1) is 29.4. The lowest BCUT2D eigenvalue weighted by molar-refractivity contribution is -0.320. The average molecular weight is 892 g/mol. The number of Topliss-reactive ketones (excluding diaryl/α,β-unsaturated/α-hetero) is 1. The molecule has 1 aromatic carbocycles. The average Bonchev–Trinajstić information content (AvgIpc) is 3.23. The second-order valence-corrected chi connectivity index (χ2v) is 19.0. The Morgan fingerprint density at radius 1 is 0.889 bits per heavy atom. The predicted octanol–water partition coefficient (Wildman–Crippen LogP) is 5.71. The first kappa shape index (κ1) is 52.6. The lowest BCUT2D eigenvalue weighted by Crippen LogP contribution is -2.62. The molecule has 0 spiro atoms. The van der Waals surface area contributed by atoms with Crippen molar-refractivity contribution in [3.63, 3.8) is 0 Å². The summed E-state index contributed by atoms with van der Waals surface area (Å²) in [6.07, 6.45) is -5.03. The van der Waals surface area contributed by atoms with Crippen molar-refractivity contribution in [3.8, 4) is 0 Å². The molecule has 3 aliphatic rings. The SMILES string of the molecule is CC[C@H]1OC(=O)[C@H](C)[C@@H](OC2C[C@@](C)(OC)[C@@H](OC(C)=O)[C@H](C)O2)[C@H](C)[C@@H](O[C@@H]2O[C@H](C)C[C@H](N(C)C)[C@H]2O)[C@@](C)(OC)C[C@@H](C)C(=O)[C@H](C)[C@@H](O/C=C/c2ccccc2)[C@]1(C)O. The topological polar surface area (TPSA) is 178 Å². The van der Waals surface area contributed by atoms with Gasteiger partial charge in [0.1, 0.15) is 35.3 Å². The molecule has 3 fully saturated rings. The second kappa shape index (κ2) is 22.0. The third kappa shape index (κ3) is 12.3. The van der Waals surface area contributed by atoms with Gasteiger partial charge in [-0.05, 0) is 86.5 Å². The van der Waals surface area contributed by atoms with Crippen molar-refractivity contribution < 1.29 is 67.2 Å². The first-order valence-electron chi connectivity index (χ1n) is 22.5. The molecule has 0 bridgehead atoms. The van der Waals surface area contributed by atoms with Gasteiger partial charge < -0.3 is 57.7 Å². The van der Waals surface area contributed by atoms with Gasteiger partial charge in [-0.2, -0.15) is 0 Å². The number of cyclic esters (lactones) is 1. The summed E-state index contributed by atoms with van der Waals surface area (Å²) < 4.78 is 57.2. The Bertz CT molecular complexity index is 1670. The number of hydrogen-bond donors (Lipinski definition) is 2. The van der Waals surface area contributed by atoms with Crippen LogP contribution in [-0.4, -0.2) is 145 Å². The second-order valence-electron chi connectivity index (χ2n) is 19.0. The lowest BCUT2D eigenvalue weighted by atomic mass is 9.73. The molecule has 0 aromatic heterocycles. The lowest BCUT2D eigenvalue weighted by Gasteiger charge is -2.50. The number of benzene rings is 1. The molecule has 4 rings (SSSR count). The fourth-order valence-electron chi connectivity index (χ4n) is 9.98. The number of rotatable bonds is 12. The van der Waals surface area contributed by atoms with Gasteiger partial charge in [-0.25, -0.2) is 0 Å². The molecular weight excluding hydrogens is 815 g/mol. The number of ether oxygens (including phenoxy) is 9. The van der Waals surface area contributed by atoms with Crippen molar-refractivity contribution in [3.05, 3.63) is 42.2 Å². The molecule has 1 unspecified atom stereocenters. The van der Waals surface area contributed by atoms with Gasteiger partial charge in [-0.3, -0.25) is 14.4 Å². The van der Waals surface area contributed by atoms with E-state index >= 15 is 0 Å². The molecule has 3 heterocycles. The minimum atomic E-state index is -1.86. The minimum absolute atomic E-state index is 0.113. The van der Waals surface area contributed by atoms with Crippen molar-refractivity contribution in [2.24, 2.45) is 23.7 Å². The van der Waals surface area contributed by atoms with E-state index in [-0.39, 0.29) is 37.2 Å². The summed E-state index contributed by atoms with van der Waals surface area (Å²) in [6, 6.07) is 9.17.